The molecule has 0 bridgehead atoms. The molecule has 0 spiro atoms. The van der Waals surface area contributed by atoms with Gasteiger partial charge in [0, 0.05) is 16.6 Å². The third kappa shape index (κ3) is 4.83. The molecule has 0 radical (unpaired) electrons. The smallest absolute Gasteiger partial charge is 0.332 e. The zero-order valence-electron chi connectivity index (χ0n) is 18.2. The van der Waals surface area contributed by atoms with Gasteiger partial charge in [-0.1, -0.05) is 12.1 Å². The van der Waals surface area contributed by atoms with Crippen LogP contribution in [0.3, 0.4) is 0 Å². The fourth-order valence-corrected chi connectivity index (χ4v) is 4.34. The van der Waals surface area contributed by atoms with E-state index in [4.69, 9.17) is 9.47 Å². The minimum atomic E-state index is -0.927. The van der Waals surface area contributed by atoms with E-state index >= 15 is 0 Å². The number of benzene rings is 2. The second-order valence-electron chi connectivity index (χ2n) is 7.36. The monoisotopic (exact) mass is 465 g/mol. The van der Waals surface area contributed by atoms with E-state index < -0.39 is 18.0 Å². The quantitative estimate of drug-likeness (QED) is 0.506. The van der Waals surface area contributed by atoms with Gasteiger partial charge < -0.3 is 19.7 Å². The van der Waals surface area contributed by atoms with Gasteiger partial charge in [-0.25, -0.2) is 9.69 Å². The molecule has 0 saturated carbocycles. The molecule has 1 aromatic heterocycles. The second kappa shape index (κ2) is 9.74. The highest BCUT2D eigenvalue weighted by atomic mass is 32.1. The van der Waals surface area contributed by atoms with E-state index in [1.807, 2.05) is 17.5 Å². The van der Waals surface area contributed by atoms with Crippen LogP contribution in [0.5, 0.6) is 11.5 Å². The summed E-state index contributed by atoms with van der Waals surface area (Å²) in [5.74, 6) is 0.379. The molecule has 3 aromatic rings. The van der Waals surface area contributed by atoms with Crippen LogP contribution in [0.15, 0.2) is 66.0 Å². The molecule has 170 valence electrons. The summed E-state index contributed by atoms with van der Waals surface area (Å²) in [5, 5.41) is 4.69. The Balaban J connectivity index is 1.57. The molecule has 1 atom stereocenters. The van der Waals surface area contributed by atoms with Crippen LogP contribution in [-0.2, 0) is 16.1 Å². The highest BCUT2D eigenvalue weighted by molar-refractivity contribution is 7.09. The van der Waals surface area contributed by atoms with Gasteiger partial charge in [0.15, 0.2) is 0 Å². The van der Waals surface area contributed by atoms with Crippen molar-refractivity contribution in [3.8, 4) is 11.5 Å². The molecule has 4 rings (SSSR count). The van der Waals surface area contributed by atoms with Gasteiger partial charge in [-0.3, -0.25) is 9.59 Å². The molecule has 4 amide bonds. The van der Waals surface area contributed by atoms with E-state index in [1.165, 1.54) is 23.3 Å². The average molecular weight is 466 g/mol. The lowest BCUT2D eigenvalue weighted by atomic mass is 10.1. The Morgan fingerprint density at radius 1 is 1.00 bits per heavy atom. The Hall–Kier alpha value is -3.85. The largest absolute Gasteiger partial charge is 0.497 e. The number of imide groups is 1. The van der Waals surface area contributed by atoms with Crippen LogP contribution in [0.1, 0.15) is 11.3 Å². The maximum absolute atomic E-state index is 13.4. The van der Waals surface area contributed by atoms with Crippen molar-refractivity contribution in [3.63, 3.8) is 0 Å². The standard InChI is InChI=1S/C24H23N3O5S/c1-31-18-10-8-16(9-11-18)25-22(28)14-21-23(29)27(17-5-3-6-19(13-17)32-2)24(30)26(21)15-20-7-4-12-33-20/h3-13,21H,14-15H2,1-2H3,(H,25,28)/t21-/m1/s1. The zero-order valence-corrected chi connectivity index (χ0v) is 19.0. The van der Waals surface area contributed by atoms with Crippen LogP contribution < -0.4 is 19.7 Å². The molecule has 8 nitrogen and oxygen atoms in total. The summed E-state index contributed by atoms with van der Waals surface area (Å²) in [6.07, 6.45) is -0.164. The van der Waals surface area contributed by atoms with Gasteiger partial charge in [0.05, 0.1) is 32.9 Å². The average Bonchev–Trinajstić information content (AvgIpc) is 3.42. The van der Waals surface area contributed by atoms with Crippen molar-refractivity contribution in [2.75, 3.05) is 24.4 Å². The summed E-state index contributed by atoms with van der Waals surface area (Å²) in [7, 11) is 3.08. The van der Waals surface area contributed by atoms with Crippen molar-refractivity contribution in [1.29, 1.82) is 0 Å². The number of hydrogen-bond acceptors (Lipinski definition) is 6. The summed E-state index contributed by atoms with van der Waals surface area (Å²) in [4.78, 5) is 42.9. The van der Waals surface area contributed by atoms with Gasteiger partial charge in [-0.05, 0) is 47.8 Å². The Morgan fingerprint density at radius 2 is 1.76 bits per heavy atom. The van der Waals surface area contributed by atoms with E-state index in [0.717, 1.165) is 9.78 Å². The van der Waals surface area contributed by atoms with Gasteiger partial charge in [-0.15, -0.1) is 11.3 Å². The topological polar surface area (TPSA) is 88.2 Å². The first-order valence-electron chi connectivity index (χ1n) is 10.2. The minimum Gasteiger partial charge on any atom is -0.497 e. The van der Waals surface area contributed by atoms with Crippen LogP contribution in [0.2, 0.25) is 0 Å². The Kier molecular flexibility index (Phi) is 6.60. The minimum absolute atomic E-state index is 0.164. The van der Waals surface area contributed by atoms with Crippen LogP contribution >= 0.6 is 11.3 Å². The van der Waals surface area contributed by atoms with Crippen molar-refractivity contribution in [3.05, 3.63) is 70.9 Å². The maximum atomic E-state index is 13.4. The normalized spacial score (nSPS) is 15.6. The van der Waals surface area contributed by atoms with E-state index in [2.05, 4.69) is 5.32 Å². The SMILES string of the molecule is COc1ccc(NC(=O)C[C@@H]2C(=O)N(c3cccc(OC)c3)C(=O)N2Cc2cccs2)cc1. The lowest BCUT2D eigenvalue weighted by Crippen LogP contribution is -2.37. The molecule has 1 fully saturated rings. The molecule has 9 heteroatoms. The van der Waals surface area contributed by atoms with Crippen molar-refractivity contribution >= 4 is 40.6 Å². The number of nitrogens with zero attached hydrogens (tertiary/aromatic N) is 2. The Labute approximate surface area is 195 Å². The number of carbonyl (C=O) groups is 3. The first-order valence-corrected chi connectivity index (χ1v) is 11.1. The van der Waals surface area contributed by atoms with E-state index in [0.29, 0.717) is 22.9 Å². The van der Waals surface area contributed by atoms with Crippen molar-refractivity contribution in [2.45, 2.75) is 19.0 Å². The molecule has 33 heavy (non-hydrogen) atoms. The number of hydrogen-bond donors (Lipinski definition) is 1. The van der Waals surface area contributed by atoms with E-state index in [-0.39, 0.29) is 18.9 Å². The molecule has 1 saturated heterocycles. The molecule has 1 aliphatic rings. The van der Waals surface area contributed by atoms with E-state index in [9.17, 15) is 14.4 Å². The molecule has 2 aromatic carbocycles. The Bertz CT molecular complexity index is 1150. The maximum Gasteiger partial charge on any atom is 0.332 e. The third-order valence-electron chi connectivity index (χ3n) is 5.29. The predicted molar refractivity (Wildman–Crippen MR) is 126 cm³/mol. The molecular weight excluding hydrogens is 442 g/mol. The van der Waals surface area contributed by atoms with Crippen LogP contribution in [-0.4, -0.2) is 43.0 Å². The highest BCUT2D eigenvalue weighted by Gasteiger charge is 2.46. The summed E-state index contributed by atoms with van der Waals surface area (Å²) in [6, 6.07) is 16.0. The lowest BCUT2D eigenvalue weighted by molar-refractivity contribution is -0.124. The number of ether oxygens (including phenoxy) is 2. The van der Waals surface area contributed by atoms with Gasteiger partial charge >= 0.3 is 6.03 Å². The van der Waals surface area contributed by atoms with Crippen molar-refractivity contribution < 1.29 is 23.9 Å². The summed E-state index contributed by atoms with van der Waals surface area (Å²) in [6.45, 7) is 0.239. The molecule has 0 unspecified atom stereocenters. The van der Waals surface area contributed by atoms with Gasteiger partial charge in [-0.2, -0.15) is 0 Å². The lowest BCUT2D eigenvalue weighted by Gasteiger charge is -2.21. The first-order chi connectivity index (χ1) is 16.0. The number of amides is 4. The van der Waals surface area contributed by atoms with Crippen LogP contribution in [0.25, 0.3) is 0 Å². The van der Waals surface area contributed by atoms with Crippen molar-refractivity contribution in [1.82, 2.24) is 4.90 Å². The fourth-order valence-electron chi connectivity index (χ4n) is 3.63. The molecular formula is C24H23N3O5S. The summed E-state index contributed by atoms with van der Waals surface area (Å²) < 4.78 is 10.4. The van der Waals surface area contributed by atoms with Gasteiger partial charge in [0.1, 0.15) is 17.5 Å². The number of methoxy groups -OCH3 is 2. The zero-order chi connectivity index (χ0) is 23.4. The number of carbonyl (C=O) groups excluding carboxylic acids is 3. The molecule has 1 N–H and O–H groups in total. The molecule has 1 aliphatic heterocycles. The number of urea groups is 1. The predicted octanol–water partition coefficient (Wildman–Crippen LogP) is 4.13. The van der Waals surface area contributed by atoms with Crippen molar-refractivity contribution in [2.24, 2.45) is 0 Å². The van der Waals surface area contributed by atoms with E-state index in [1.54, 1.807) is 55.6 Å². The van der Waals surface area contributed by atoms with Gasteiger partial charge in [0.25, 0.3) is 5.91 Å². The molecule has 2 heterocycles. The third-order valence-corrected chi connectivity index (χ3v) is 6.15. The fraction of sp³-hybridized carbons (Fsp3) is 0.208. The summed E-state index contributed by atoms with van der Waals surface area (Å²) >= 11 is 1.49. The summed E-state index contributed by atoms with van der Waals surface area (Å²) in [5.41, 5.74) is 0.977. The first kappa shape index (κ1) is 22.3. The number of rotatable bonds is 8. The van der Waals surface area contributed by atoms with Crippen LogP contribution in [0.4, 0.5) is 16.2 Å². The number of anilines is 2. The Morgan fingerprint density at radius 3 is 2.42 bits per heavy atom. The number of nitrogens with one attached hydrogen (secondary N) is 1. The highest BCUT2D eigenvalue weighted by Crippen LogP contribution is 2.31. The van der Waals surface area contributed by atoms with Gasteiger partial charge in [0.2, 0.25) is 5.91 Å². The second-order valence-corrected chi connectivity index (χ2v) is 8.39. The number of thiophene rings is 1. The van der Waals surface area contributed by atoms with Crippen LogP contribution in [0, 0.1) is 0 Å². The molecule has 0 aliphatic carbocycles.